The first-order valence-electron chi connectivity index (χ1n) is 5.35. The third-order valence-electron chi connectivity index (χ3n) is 3.27. The first kappa shape index (κ1) is 9.93. The molecule has 1 unspecified atom stereocenters. The maximum Gasteiger partial charge on any atom is 0.239 e. The van der Waals surface area contributed by atoms with E-state index >= 15 is 0 Å². The van der Waals surface area contributed by atoms with Crippen molar-refractivity contribution >= 4 is 5.91 Å². The van der Waals surface area contributed by atoms with Gasteiger partial charge in [-0.2, -0.15) is 0 Å². The number of carbonyl (C=O) groups excluding carboxylic acids is 1. The largest absolute Gasteiger partial charge is 0.392 e. The van der Waals surface area contributed by atoms with Crippen LogP contribution in [0.5, 0.6) is 0 Å². The van der Waals surface area contributed by atoms with E-state index in [0.717, 1.165) is 32.4 Å². The summed E-state index contributed by atoms with van der Waals surface area (Å²) in [7, 11) is 1.85. The van der Waals surface area contributed by atoms with Crippen molar-refractivity contribution in [2.45, 2.75) is 31.4 Å². The standard InChI is InChI=1S/C10H18N2O2/c1-11-6-4-9(10(11)14)12-5-2-3-8(13)7-12/h8-9,13H,2-7H2,1H3/t8-,9?/m0/s1. The van der Waals surface area contributed by atoms with E-state index in [2.05, 4.69) is 4.90 Å². The van der Waals surface area contributed by atoms with Gasteiger partial charge in [-0.3, -0.25) is 9.69 Å². The van der Waals surface area contributed by atoms with Crippen molar-refractivity contribution in [2.24, 2.45) is 0 Å². The van der Waals surface area contributed by atoms with Gasteiger partial charge in [-0.15, -0.1) is 0 Å². The molecular weight excluding hydrogens is 180 g/mol. The molecule has 0 saturated carbocycles. The molecule has 1 amide bonds. The normalized spacial score (nSPS) is 35.3. The van der Waals surface area contributed by atoms with Crippen LogP contribution in [0.3, 0.4) is 0 Å². The Balaban J connectivity index is 1.97. The van der Waals surface area contributed by atoms with E-state index < -0.39 is 0 Å². The van der Waals surface area contributed by atoms with Gasteiger partial charge in [-0.25, -0.2) is 0 Å². The Labute approximate surface area is 84.5 Å². The molecule has 4 heteroatoms. The lowest BCUT2D eigenvalue weighted by Gasteiger charge is -2.33. The quantitative estimate of drug-likeness (QED) is 0.627. The Kier molecular flexibility index (Phi) is 2.74. The summed E-state index contributed by atoms with van der Waals surface area (Å²) in [6.45, 7) is 2.49. The van der Waals surface area contributed by atoms with Gasteiger partial charge in [0.15, 0.2) is 0 Å². The number of nitrogens with zero attached hydrogens (tertiary/aromatic N) is 2. The highest BCUT2D eigenvalue weighted by molar-refractivity contribution is 5.83. The second-order valence-electron chi connectivity index (χ2n) is 4.36. The third kappa shape index (κ3) is 1.77. The summed E-state index contributed by atoms with van der Waals surface area (Å²) in [5.41, 5.74) is 0. The van der Waals surface area contributed by atoms with Crippen LogP contribution in [0.1, 0.15) is 19.3 Å². The molecule has 2 saturated heterocycles. The number of amides is 1. The Morgan fingerprint density at radius 1 is 1.36 bits per heavy atom. The number of hydrogen-bond donors (Lipinski definition) is 1. The molecule has 4 nitrogen and oxygen atoms in total. The molecule has 0 radical (unpaired) electrons. The SMILES string of the molecule is CN1CCC(N2CCC[C@H](O)C2)C1=O. The third-order valence-corrected chi connectivity index (χ3v) is 3.27. The molecule has 0 spiro atoms. The van der Waals surface area contributed by atoms with E-state index in [0.29, 0.717) is 6.54 Å². The first-order chi connectivity index (χ1) is 6.68. The highest BCUT2D eigenvalue weighted by Crippen LogP contribution is 2.20. The number of aliphatic hydroxyl groups excluding tert-OH is 1. The Bertz CT molecular complexity index is 232. The number of piperidine rings is 1. The zero-order chi connectivity index (χ0) is 10.1. The van der Waals surface area contributed by atoms with Crippen LogP contribution in [0.25, 0.3) is 0 Å². The van der Waals surface area contributed by atoms with Crippen LogP contribution in [0.4, 0.5) is 0 Å². The summed E-state index contributed by atoms with van der Waals surface area (Å²) in [6.07, 6.45) is 2.58. The molecule has 0 aromatic carbocycles. The van der Waals surface area contributed by atoms with Crippen LogP contribution in [0.2, 0.25) is 0 Å². The van der Waals surface area contributed by atoms with Crippen molar-refractivity contribution in [3.63, 3.8) is 0 Å². The minimum absolute atomic E-state index is 0.0370. The fourth-order valence-electron chi connectivity index (χ4n) is 2.41. The van der Waals surface area contributed by atoms with Gasteiger partial charge < -0.3 is 10.0 Å². The minimum atomic E-state index is -0.234. The molecule has 14 heavy (non-hydrogen) atoms. The monoisotopic (exact) mass is 198 g/mol. The van der Waals surface area contributed by atoms with Crippen molar-refractivity contribution in [2.75, 3.05) is 26.7 Å². The summed E-state index contributed by atoms with van der Waals surface area (Å²) < 4.78 is 0. The Morgan fingerprint density at radius 2 is 2.14 bits per heavy atom. The zero-order valence-corrected chi connectivity index (χ0v) is 8.65. The van der Waals surface area contributed by atoms with Gasteiger partial charge in [-0.1, -0.05) is 0 Å². The van der Waals surface area contributed by atoms with Gasteiger partial charge in [-0.05, 0) is 25.8 Å². The van der Waals surface area contributed by atoms with Crippen LogP contribution in [0.15, 0.2) is 0 Å². The van der Waals surface area contributed by atoms with E-state index in [4.69, 9.17) is 0 Å². The Hall–Kier alpha value is -0.610. The van der Waals surface area contributed by atoms with Crippen molar-refractivity contribution in [3.05, 3.63) is 0 Å². The van der Waals surface area contributed by atoms with Crippen LogP contribution < -0.4 is 0 Å². The number of aliphatic hydroxyl groups is 1. The zero-order valence-electron chi connectivity index (χ0n) is 8.65. The molecule has 2 aliphatic heterocycles. The Morgan fingerprint density at radius 3 is 2.71 bits per heavy atom. The molecule has 2 atom stereocenters. The van der Waals surface area contributed by atoms with E-state index in [1.165, 1.54) is 0 Å². The fourth-order valence-corrected chi connectivity index (χ4v) is 2.41. The van der Waals surface area contributed by atoms with Crippen LogP contribution in [-0.2, 0) is 4.79 Å². The molecule has 0 aliphatic carbocycles. The van der Waals surface area contributed by atoms with E-state index in [1.54, 1.807) is 4.90 Å². The smallest absolute Gasteiger partial charge is 0.239 e. The van der Waals surface area contributed by atoms with Crippen molar-refractivity contribution in [1.29, 1.82) is 0 Å². The number of likely N-dealkylation sites (N-methyl/N-ethyl adjacent to an activating group) is 1. The lowest BCUT2D eigenvalue weighted by atomic mass is 10.1. The minimum Gasteiger partial charge on any atom is -0.392 e. The maximum atomic E-state index is 11.7. The topological polar surface area (TPSA) is 43.8 Å². The van der Waals surface area contributed by atoms with Crippen molar-refractivity contribution in [1.82, 2.24) is 9.80 Å². The molecule has 2 aliphatic rings. The molecule has 0 aromatic rings. The fraction of sp³-hybridized carbons (Fsp3) is 0.900. The predicted octanol–water partition coefficient (Wildman–Crippen LogP) is -0.326. The number of carbonyl (C=O) groups is 1. The average Bonchev–Trinajstić information content (AvgIpc) is 2.48. The van der Waals surface area contributed by atoms with Gasteiger partial charge in [0, 0.05) is 20.1 Å². The number of β-amino-alcohol motifs (C(OH)–C–C–N with tert-alkyl or cyclic N) is 1. The second kappa shape index (κ2) is 3.87. The van der Waals surface area contributed by atoms with Crippen LogP contribution >= 0.6 is 0 Å². The molecule has 0 bridgehead atoms. The first-order valence-corrected chi connectivity index (χ1v) is 5.35. The van der Waals surface area contributed by atoms with Crippen molar-refractivity contribution < 1.29 is 9.90 Å². The summed E-state index contributed by atoms with van der Waals surface area (Å²) in [5.74, 6) is 0.221. The van der Waals surface area contributed by atoms with Gasteiger partial charge in [0.25, 0.3) is 0 Å². The van der Waals surface area contributed by atoms with Gasteiger partial charge in [0.05, 0.1) is 12.1 Å². The van der Waals surface area contributed by atoms with E-state index in [1.807, 2.05) is 7.05 Å². The van der Waals surface area contributed by atoms with Crippen LogP contribution in [-0.4, -0.2) is 59.6 Å². The highest BCUT2D eigenvalue weighted by Gasteiger charge is 2.35. The molecule has 2 fully saturated rings. The number of likely N-dealkylation sites (tertiary alicyclic amines) is 2. The second-order valence-corrected chi connectivity index (χ2v) is 4.36. The highest BCUT2D eigenvalue weighted by atomic mass is 16.3. The summed E-state index contributed by atoms with van der Waals surface area (Å²) in [6, 6.07) is 0.0370. The summed E-state index contributed by atoms with van der Waals surface area (Å²) >= 11 is 0. The van der Waals surface area contributed by atoms with Crippen LogP contribution in [0, 0.1) is 0 Å². The summed E-state index contributed by atoms with van der Waals surface area (Å²) in [5, 5.41) is 9.53. The lowest BCUT2D eigenvalue weighted by Crippen LogP contribution is -2.47. The average molecular weight is 198 g/mol. The maximum absolute atomic E-state index is 11.7. The lowest BCUT2D eigenvalue weighted by molar-refractivity contribution is -0.132. The summed E-state index contributed by atoms with van der Waals surface area (Å²) in [4.78, 5) is 15.6. The van der Waals surface area contributed by atoms with Crippen molar-refractivity contribution in [3.8, 4) is 0 Å². The number of rotatable bonds is 1. The van der Waals surface area contributed by atoms with Gasteiger partial charge in [0.2, 0.25) is 5.91 Å². The van der Waals surface area contributed by atoms with E-state index in [-0.39, 0.29) is 18.1 Å². The van der Waals surface area contributed by atoms with E-state index in [9.17, 15) is 9.90 Å². The number of hydrogen-bond acceptors (Lipinski definition) is 3. The molecule has 2 rings (SSSR count). The molecule has 0 aromatic heterocycles. The molecule has 1 N–H and O–H groups in total. The van der Waals surface area contributed by atoms with Gasteiger partial charge >= 0.3 is 0 Å². The molecule has 80 valence electrons. The predicted molar refractivity (Wildman–Crippen MR) is 52.9 cm³/mol. The molecular formula is C10H18N2O2. The molecule has 2 heterocycles. The van der Waals surface area contributed by atoms with Gasteiger partial charge in [0.1, 0.15) is 0 Å².